The van der Waals surface area contributed by atoms with E-state index in [1.165, 1.54) is 18.2 Å². The van der Waals surface area contributed by atoms with Crippen LogP contribution in [0.4, 0.5) is 11.4 Å². The molecule has 2 aromatic rings. The number of anilines is 1. The summed E-state index contributed by atoms with van der Waals surface area (Å²) < 4.78 is 11.3. The van der Waals surface area contributed by atoms with Crippen LogP contribution in [0, 0.1) is 10.1 Å². The van der Waals surface area contributed by atoms with Crippen molar-refractivity contribution >= 4 is 29.3 Å². The molecule has 0 bridgehead atoms. The van der Waals surface area contributed by atoms with Crippen LogP contribution >= 0.6 is 0 Å². The van der Waals surface area contributed by atoms with Crippen LogP contribution in [-0.4, -0.2) is 28.9 Å². The van der Waals surface area contributed by atoms with Gasteiger partial charge in [0.25, 0.3) is 11.8 Å². The number of nitrogens with one attached hydrogen (secondary N) is 1. The monoisotopic (exact) mass is 425 g/mol. The summed E-state index contributed by atoms with van der Waals surface area (Å²) >= 11 is 0. The Morgan fingerprint density at radius 3 is 2.42 bits per heavy atom. The van der Waals surface area contributed by atoms with Crippen molar-refractivity contribution < 1.29 is 24.0 Å². The maximum Gasteiger partial charge on any atom is 0.315 e. The molecule has 0 unspecified atom stereocenters. The third-order valence-corrected chi connectivity index (χ3v) is 4.18. The van der Waals surface area contributed by atoms with Crippen molar-refractivity contribution in [3.63, 3.8) is 0 Å². The molecule has 3 rings (SSSR count). The molecule has 0 atom stereocenters. The standard InChI is InChI=1S/C22H23N3O6/c1-5-30-18-13-14(12-17(25(28)29)19(18)31-22(2,3)4)11-16-20(26)23-24(21(16)27)15-9-7-6-8-10-15/h6-13H,5H2,1-4H3,(H,23,26)/b16-11-. The van der Waals surface area contributed by atoms with E-state index >= 15 is 0 Å². The minimum Gasteiger partial charge on any atom is -0.490 e. The Kier molecular flexibility index (Phi) is 5.96. The number of nitrogens with zero attached hydrogens (tertiary/aromatic N) is 2. The van der Waals surface area contributed by atoms with Gasteiger partial charge in [0, 0.05) is 6.07 Å². The van der Waals surface area contributed by atoms with Gasteiger partial charge in [-0.1, -0.05) is 18.2 Å². The molecule has 2 aromatic carbocycles. The highest BCUT2D eigenvalue weighted by Crippen LogP contribution is 2.41. The smallest absolute Gasteiger partial charge is 0.315 e. The van der Waals surface area contributed by atoms with Gasteiger partial charge in [-0.25, -0.2) is 5.01 Å². The van der Waals surface area contributed by atoms with Crippen LogP contribution in [0.2, 0.25) is 0 Å². The van der Waals surface area contributed by atoms with Crippen molar-refractivity contribution in [2.75, 3.05) is 11.6 Å². The Labute approximate surface area is 179 Å². The Balaban J connectivity index is 2.06. The van der Waals surface area contributed by atoms with Crippen LogP contribution in [-0.2, 0) is 9.59 Å². The second-order valence-electron chi connectivity index (χ2n) is 7.75. The van der Waals surface area contributed by atoms with Gasteiger partial charge in [-0.2, -0.15) is 0 Å². The Morgan fingerprint density at radius 1 is 1.16 bits per heavy atom. The van der Waals surface area contributed by atoms with Crippen LogP contribution in [0.3, 0.4) is 0 Å². The predicted octanol–water partition coefficient (Wildman–Crippen LogP) is 3.63. The van der Waals surface area contributed by atoms with E-state index in [0.29, 0.717) is 5.69 Å². The van der Waals surface area contributed by atoms with Gasteiger partial charge in [0.15, 0.2) is 5.75 Å². The van der Waals surface area contributed by atoms with Crippen molar-refractivity contribution in [3.05, 3.63) is 63.7 Å². The normalized spacial score (nSPS) is 15.2. The summed E-state index contributed by atoms with van der Waals surface area (Å²) in [5, 5.41) is 12.8. The summed E-state index contributed by atoms with van der Waals surface area (Å²) in [5.74, 6) is -1.02. The molecule has 0 spiro atoms. The maximum absolute atomic E-state index is 12.8. The number of nitro groups is 1. The van der Waals surface area contributed by atoms with Crippen molar-refractivity contribution in [2.45, 2.75) is 33.3 Å². The van der Waals surface area contributed by atoms with E-state index in [4.69, 9.17) is 9.47 Å². The highest BCUT2D eigenvalue weighted by atomic mass is 16.6. The van der Waals surface area contributed by atoms with Crippen molar-refractivity contribution in [2.24, 2.45) is 0 Å². The van der Waals surface area contributed by atoms with Crippen molar-refractivity contribution in [3.8, 4) is 11.5 Å². The molecule has 1 aliphatic rings. The van der Waals surface area contributed by atoms with E-state index in [-0.39, 0.29) is 34.9 Å². The number of ether oxygens (including phenoxy) is 2. The molecule has 1 saturated heterocycles. The second kappa shape index (κ2) is 8.47. The number of para-hydroxylation sites is 1. The average Bonchev–Trinajstić information content (AvgIpc) is 2.97. The number of hydrogen-bond donors (Lipinski definition) is 1. The first-order chi connectivity index (χ1) is 14.6. The van der Waals surface area contributed by atoms with E-state index < -0.39 is 22.3 Å². The lowest BCUT2D eigenvalue weighted by atomic mass is 10.1. The summed E-state index contributed by atoms with van der Waals surface area (Å²) in [5.41, 5.74) is 2.09. The molecule has 0 aromatic heterocycles. The van der Waals surface area contributed by atoms with E-state index in [9.17, 15) is 19.7 Å². The summed E-state index contributed by atoms with van der Waals surface area (Å²) in [6, 6.07) is 11.4. The van der Waals surface area contributed by atoms with E-state index in [2.05, 4.69) is 5.43 Å². The lowest BCUT2D eigenvalue weighted by Gasteiger charge is -2.23. The molecule has 9 nitrogen and oxygen atoms in total. The maximum atomic E-state index is 12.8. The van der Waals surface area contributed by atoms with Crippen LogP contribution in [0.15, 0.2) is 48.0 Å². The van der Waals surface area contributed by atoms with Gasteiger partial charge in [0.2, 0.25) is 5.75 Å². The number of amides is 2. The third kappa shape index (κ3) is 4.82. The predicted molar refractivity (Wildman–Crippen MR) is 115 cm³/mol. The SMILES string of the molecule is CCOc1cc(/C=C2/C(=O)NN(c3ccccc3)C2=O)cc([N+](=O)[O-])c1OC(C)(C)C. The minimum absolute atomic E-state index is 0.00499. The molecule has 0 aliphatic carbocycles. The van der Waals surface area contributed by atoms with E-state index in [0.717, 1.165) is 5.01 Å². The van der Waals surface area contributed by atoms with E-state index in [1.807, 2.05) is 0 Å². The summed E-state index contributed by atoms with van der Waals surface area (Å²) in [4.78, 5) is 36.3. The van der Waals surface area contributed by atoms with Gasteiger partial charge in [-0.15, -0.1) is 0 Å². The summed E-state index contributed by atoms with van der Waals surface area (Å²) in [6.45, 7) is 7.29. The quantitative estimate of drug-likeness (QED) is 0.327. The van der Waals surface area contributed by atoms with Gasteiger partial charge < -0.3 is 9.47 Å². The number of hydrazine groups is 1. The zero-order valence-corrected chi connectivity index (χ0v) is 17.7. The Hall–Kier alpha value is -3.88. The summed E-state index contributed by atoms with van der Waals surface area (Å²) in [7, 11) is 0. The fraction of sp³-hybridized carbons (Fsp3) is 0.273. The molecular weight excluding hydrogens is 402 g/mol. The average molecular weight is 425 g/mol. The topological polar surface area (TPSA) is 111 Å². The molecule has 9 heteroatoms. The number of carbonyl (C=O) groups is 2. The van der Waals surface area contributed by atoms with Gasteiger partial charge in [-0.3, -0.25) is 25.1 Å². The molecule has 1 aliphatic heterocycles. The Bertz CT molecular complexity index is 1060. The lowest BCUT2D eigenvalue weighted by Crippen LogP contribution is -2.35. The van der Waals surface area contributed by atoms with Gasteiger partial charge in [0.1, 0.15) is 11.2 Å². The molecule has 1 N–H and O–H groups in total. The largest absolute Gasteiger partial charge is 0.490 e. The lowest BCUT2D eigenvalue weighted by molar-refractivity contribution is -0.386. The zero-order chi connectivity index (χ0) is 22.8. The molecule has 162 valence electrons. The van der Waals surface area contributed by atoms with Crippen molar-refractivity contribution in [1.82, 2.24) is 5.43 Å². The van der Waals surface area contributed by atoms with Crippen molar-refractivity contribution in [1.29, 1.82) is 0 Å². The highest BCUT2D eigenvalue weighted by Gasteiger charge is 2.35. The molecular formula is C22H23N3O6. The first kappa shape index (κ1) is 21.8. The fourth-order valence-corrected chi connectivity index (χ4v) is 2.98. The third-order valence-electron chi connectivity index (χ3n) is 4.18. The molecule has 31 heavy (non-hydrogen) atoms. The fourth-order valence-electron chi connectivity index (χ4n) is 2.98. The molecule has 1 heterocycles. The zero-order valence-electron chi connectivity index (χ0n) is 17.7. The van der Waals surface area contributed by atoms with Crippen LogP contribution in [0.1, 0.15) is 33.3 Å². The van der Waals surface area contributed by atoms with Gasteiger partial charge in [-0.05, 0) is 57.5 Å². The van der Waals surface area contributed by atoms with Crippen LogP contribution in [0.5, 0.6) is 11.5 Å². The van der Waals surface area contributed by atoms with Crippen LogP contribution < -0.4 is 19.9 Å². The summed E-state index contributed by atoms with van der Waals surface area (Å²) in [6.07, 6.45) is 1.30. The number of nitro benzene ring substituents is 1. The first-order valence-corrected chi connectivity index (χ1v) is 9.67. The van der Waals surface area contributed by atoms with E-state index in [1.54, 1.807) is 58.0 Å². The molecule has 0 saturated carbocycles. The highest BCUT2D eigenvalue weighted by molar-refractivity contribution is 6.31. The molecule has 2 amide bonds. The second-order valence-corrected chi connectivity index (χ2v) is 7.75. The van der Waals surface area contributed by atoms with Crippen LogP contribution in [0.25, 0.3) is 6.08 Å². The molecule has 1 fully saturated rings. The number of rotatable bonds is 6. The number of carbonyl (C=O) groups excluding carboxylic acids is 2. The minimum atomic E-state index is -0.700. The number of hydrogen-bond acceptors (Lipinski definition) is 6. The Morgan fingerprint density at radius 2 is 1.84 bits per heavy atom. The molecule has 0 radical (unpaired) electrons. The number of benzene rings is 2. The first-order valence-electron chi connectivity index (χ1n) is 9.67. The van der Waals surface area contributed by atoms with Gasteiger partial charge in [0.05, 0.1) is 17.2 Å². The van der Waals surface area contributed by atoms with Gasteiger partial charge >= 0.3 is 5.69 Å².